The van der Waals surface area contributed by atoms with Gasteiger partial charge in [-0.3, -0.25) is 24.3 Å². The van der Waals surface area contributed by atoms with Crippen LogP contribution in [0.3, 0.4) is 0 Å². The molecule has 147 heavy (non-hydrogen) atoms. The zero-order valence-electron chi connectivity index (χ0n) is 83.3. The number of nitrogens with zero attached hydrogens (tertiary/aromatic N) is 17. The number of methoxy groups -OCH3 is 1. The number of anilines is 4. The fourth-order valence-corrected chi connectivity index (χ4v) is 22.5. The number of ether oxygens (including phenoxy) is 1. The summed E-state index contributed by atoms with van der Waals surface area (Å²) in [6.45, 7) is 20.6. The van der Waals surface area contributed by atoms with Gasteiger partial charge in [0.15, 0.2) is 5.69 Å². The molecule has 8 aliphatic rings. The number of piperazine rings is 4. The van der Waals surface area contributed by atoms with Crippen LogP contribution in [-0.2, 0) is 53.9 Å². The minimum atomic E-state index is -0.969. The van der Waals surface area contributed by atoms with Crippen LogP contribution < -0.4 is 24.3 Å². The first-order valence-electron chi connectivity index (χ1n) is 50.9. The molecule has 8 fully saturated rings. The summed E-state index contributed by atoms with van der Waals surface area (Å²) in [5.41, 5.74) is 21.5. The molecule has 4 aliphatic carbocycles. The van der Waals surface area contributed by atoms with Crippen LogP contribution in [0, 0.1) is 12.7 Å². The van der Waals surface area contributed by atoms with Crippen molar-refractivity contribution in [3.63, 3.8) is 0 Å². The summed E-state index contributed by atoms with van der Waals surface area (Å²) in [5, 5.41) is 64.7. The van der Waals surface area contributed by atoms with Crippen LogP contribution in [0.5, 0.6) is 5.75 Å². The minimum Gasteiger partial charge on any atom is -0.496 e. The van der Waals surface area contributed by atoms with Gasteiger partial charge in [-0.15, -0.1) is 0 Å². The molecule has 4 N–H and O–H groups in total. The quantitative estimate of drug-likeness (QED) is 0.0338. The molecule has 34 heteroatoms. The second kappa shape index (κ2) is 42.6. The Morgan fingerprint density at radius 2 is 0.694 bits per heavy atom. The first-order valence-corrected chi connectivity index (χ1v) is 52.1. The van der Waals surface area contributed by atoms with Gasteiger partial charge in [-0.1, -0.05) is 104 Å². The molecule has 4 saturated heterocycles. The van der Waals surface area contributed by atoms with E-state index in [9.17, 15) is 44.0 Å². The average molecular weight is 2050 g/mol. The van der Waals surface area contributed by atoms with Gasteiger partial charge in [0.05, 0.1) is 66.5 Å². The number of hydrogen-bond acceptors (Lipinski definition) is 22. The van der Waals surface area contributed by atoms with Crippen molar-refractivity contribution >= 4 is 125 Å². The Hall–Kier alpha value is -13.8. The second-order valence-corrected chi connectivity index (χ2v) is 41.3. The van der Waals surface area contributed by atoms with Crippen molar-refractivity contribution in [1.82, 2.24) is 63.7 Å². The van der Waals surface area contributed by atoms with Crippen molar-refractivity contribution < 1.29 is 66.8 Å². The van der Waals surface area contributed by atoms with E-state index in [2.05, 4.69) is 120 Å². The zero-order valence-corrected chi connectivity index (χ0v) is 85.5. The van der Waals surface area contributed by atoms with Crippen molar-refractivity contribution in [2.24, 2.45) is 28.2 Å². The number of aromatic nitrogens is 9. The third-order valence-corrected chi connectivity index (χ3v) is 31.5. The number of carboxylic acid groups (broad SMARTS) is 4. The molecule has 0 unspecified atom stereocenters. The van der Waals surface area contributed by atoms with Crippen molar-refractivity contribution in [1.29, 1.82) is 0 Å². The number of carboxylic acids is 4. The van der Waals surface area contributed by atoms with Crippen LogP contribution in [0.2, 0.25) is 15.1 Å². The van der Waals surface area contributed by atoms with Crippen molar-refractivity contribution in [3.05, 3.63) is 270 Å². The highest BCUT2D eigenvalue weighted by atomic mass is 35.5. The summed E-state index contributed by atoms with van der Waals surface area (Å²) in [7, 11) is 8.99. The van der Waals surface area contributed by atoms with Crippen molar-refractivity contribution in [3.8, 4) is 50.8 Å². The summed E-state index contributed by atoms with van der Waals surface area (Å²) < 4.78 is 50.5. The SMILES string of the molecule is COc1cccc(Cl)c1-c1noc(C2CC2)c1CCN1CCN(c2ccc3c(C(=O)O)cn(C)c3c2)CC1.Cc1ccccc1-c1noc(C2CC2)c1CCN1CCN(c2ccc3c(C(=O)O)cn(C)c3c2)CC1.Cn1cc(C(=O)O)c2ccc(N3CCN(CCc4c(-c5ccccc5F)noc4C4CC4)CC3)cc21.Cn1nc2cc(N3CCN(CCc4c(-c5c(Cl)cccc5Cl)noc4C4CC4)CC3)ccc2c1C(=O)O. The maximum Gasteiger partial charge on any atom is 0.354 e. The average Bonchev–Trinajstić information content (AvgIpc) is 1.38. The lowest BCUT2D eigenvalue weighted by atomic mass is 9.98. The Balaban J connectivity index is 0.000000115. The number of fused-ring (bicyclic) bond motifs is 4. The molecular formula is C113H119Cl3FN17O13. The Kier molecular flexibility index (Phi) is 28.7. The van der Waals surface area contributed by atoms with Gasteiger partial charge in [-0.05, 0) is 199 Å². The molecule has 762 valence electrons. The number of rotatable bonds is 29. The largest absolute Gasteiger partial charge is 0.496 e. The molecule has 0 bridgehead atoms. The van der Waals surface area contributed by atoms with E-state index in [1.807, 2.05) is 126 Å². The monoisotopic (exact) mass is 2050 g/mol. The summed E-state index contributed by atoms with van der Waals surface area (Å²) in [6, 6.07) is 50.4. The minimum absolute atomic E-state index is 0.211. The molecule has 24 rings (SSSR count). The standard InChI is InChI=1S/C29H31ClN4O4.C29H32N4O3.C28H29FN4O3.C27H27Cl2N5O3/c1-32-17-22(29(35)36)20-9-8-19(16-24(20)32)34-14-12-33(13-15-34)11-10-21-27(31-38-28(21)18-6-7-18)26-23(30)4-3-5-25(26)37-2;1-19-5-3-4-6-22(19)27-24(28(36-30-27)20-7-8-20)11-12-32-13-15-33(16-14-32)21-9-10-23-25(29(34)35)18-31(2)26(23)17-21;1-31-17-23(28(34)35)20-9-8-19(16-25(20)31)33-14-12-32(13-15-33)11-10-22-26(21-4-2-3-5-24(21)29)30-36-27(22)18-6-7-18;1-32-25(27(35)36)18-8-7-17(15-22(18)30-32)34-13-11-33(12-14-34)10-9-19-24(31-37-26(19)16-5-6-16)23-20(28)3-2-4-21(23)29/h3-5,8-9,16-18H,6-7,10-15H2,1-2H3,(H,35,36);3-6,9-10,17-18,20H,7-8,11-16H2,1-2H3,(H,34,35);2-5,8-9,16-18H,6-7,10-15H2,1H3,(H,34,35);2-4,7-8,15-16H,5-6,9-14H2,1H3,(H,35,36). The van der Waals surface area contributed by atoms with Crippen LogP contribution in [0.4, 0.5) is 27.1 Å². The first-order chi connectivity index (χ1) is 71.3. The predicted molar refractivity (Wildman–Crippen MR) is 569 cm³/mol. The van der Waals surface area contributed by atoms with Crippen molar-refractivity contribution in [2.45, 2.75) is 108 Å². The molecule has 12 heterocycles. The lowest BCUT2D eigenvalue weighted by molar-refractivity contribution is 0.0678. The molecule has 0 amide bonds. The fourth-order valence-electron chi connectivity index (χ4n) is 21.7. The lowest BCUT2D eigenvalue weighted by Gasteiger charge is -2.36. The summed E-state index contributed by atoms with van der Waals surface area (Å²) in [5.74, 6) is 2.64. The van der Waals surface area contributed by atoms with Gasteiger partial charge in [0.2, 0.25) is 0 Å². The molecule has 30 nitrogen and oxygen atoms in total. The summed E-state index contributed by atoms with van der Waals surface area (Å²) in [4.78, 5) is 65.5. The number of hydrogen-bond donors (Lipinski definition) is 4. The highest BCUT2D eigenvalue weighted by Gasteiger charge is 2.40. The molecule has 8 aromatic heterocycles. The van der Waals surface area contributed by atoms with Crippen molar-refractivity contribution in [2.75, 3.05) is 158 Å². The van der Waals surface area contributed by atoms with E-state index >= 15 is 0 Å². The van der Waals surface area contributed by atoms with E-state index in [0.717, 1.165) is 319 Å². The molecular weight excluding hydrogens is 1930 g/mol. The first kappa shape index (κ1) is 99.2. The molecule has 4 saturated carbocycles. The maximum atomic E-state index is 14.5. The van der Waals surface area contributed by atoms with Gasteiger partial charge < -0.3 is 76.6 Å². The smallest absolute Gasteiger partial charge is 0.354 e. The molecule has 8 aromatic carbocycles. The highest BCUT2D eigenvalue weighted by Crippen LogP contribution is 2.51. The molecule has 0 radical (unpaired) electrons. The van der Waals surface area contributed by atoms with E-state index in [4.69, 9.17) is 57.6 Å². The third-order valence-electron chi connectivity index (χ3n) is 30.5. The van der Waals surface area contributed by atoms with E-state index in [1.54, 1.807) is 44.9 Å². The van der Waals surface area contributed by atoms with Crippen LogP contribution in [-0.4, -0.2) is 246 Å². The number of carbonyl (C=O) groups is 4. The second-order valence-electron chi connectivity index (χ2n) is 40.1. The van der Waals surface area contributed by atoms with Crippen LogP contribution >= 0.6 is 34.8 Å². The number of aromatic carboxylic acids is 4. The maximum absolute atomic E-state index is 14.5. The normalized spacial score (nSPS) is 16.6. The van der Waals surface area contributed by atoms with Gasteiger partial charge in [0, 0.05) is 285 Å². The molecule has 4 aliphatic heterocycles. The van der Waals surface area contributed by atoms with Crippen LogP contribution in [0.15, 0.2) is 194 Å². The molecule has 0 atom stereocenters. The van der Waals surface area contributed by atoms with E-state index in [1.165, 1.54) is 40.3 Å². The molecule has 0 spiro atoms. The summed E-state index contributed by atoms with van der Waals surface area (Å²) in [6.07, 6.45) is 17.6. The highest BCUT2D eigenvalue weighted by molar-refractivity contribution is 6.39. The van der Waals surface area contributed by atoms with Crippen LogP contribution in [0.25, 0.3) is 88.6 Å². The Morgan fingerprint density at radius 3 is 1.05 bits per heavy atom. The fraction of sp³-hybridized carbons (Fsp3) is 0.372. The zero-order chi connectivity index (χ0) is 102. The van der Waals surface area contributed by atoms with E-state index < -0.39 is 23.9 Å². The van der Waals surface area contributed by atoms with Gasteiger partial charge in [0.25, 0.3) is 0 Å². The van der Waals surface area contributed by atoms with Gasteiger partial charge in [-0.25, -0.2) is 23.6 Å². The van der Waals surface area contributed by atoms with Gasteiger partial charge in [0.1, 0.15) is 57.4 Å². The van der Waals surface area contributed by atoms with E-state index in [-0.39, 0.29) is 11.5 Å². The third kappa shape index (κ3) is 21.1. The summed E-state index contributed by atoms with van der Waals surface area (Å²) >= 11 is 19.6. The lowest BCUT2D eigenvalue weighted by Crippen LogP contribution is -2.47. The Morgan fingerprint density at radius 1 is 0.374 bits per heavy atom. The molecule has 16 aromatic rings. The topological polar surface area (TPSA) is 321 Å². The number of benzene rings is 8. The van der Waals surface area contributed by atoms with E-state index in [0.29, 0.717) is 83.3 Å². The van der Waals surface area contributed by atoms with Crippen LogP contribution in [0.1, 0.15) is 167 Å². The Bertz CT molecular complexity index is 7370. The predicted octanol–water partition coefficient (Wildman–Crippen LogP) is 20.9. The van der Waals surface area contributed by atoms with Gasteiger partial charge >= 0.3 is 23.9 Å². The van der Waals surface area contributed by atoms with Gasteiger partial charge in [-0.2, -0.15) is 5.10 Å². The Labute approximate surface area is 864 Å². The number of aryl methyl sites for hydroxylation is 5. The number of halogens is 4.